The maximum absolute atomic E-state index is 12.0. The summed E-state index contributed by atoms with van der Waals surface area (Å²) < 4.78 is 7.03. The Bertz CT molecular complexity index is 942. The molecule has 4 rings (SSSR count). The summed E-state index contributed by atoms with van der Waals surface area (Å²) >= 11 is 6.44. The lowest BCUT2D eigenvalue weighted by Crippen LogP contribution is -2.50. The molecule has 1 fully saturated rings. The summed E-state index contributed by atoms with van der Waals surface area (Å²) in [5.74, 6) is 0.745. The highest BCUT2D eigenvalue weighted by Gasteiger charge is 2.33. The molecule has 0 spiro atoms. The minimum atomic E-state index is -0.513. The van der Waals surface area contributed by atoms with Crippen LogP contribution in [0, 0.1) is 5.41 Å². The van der Waals surface area contributed by atoms with E-state index in [-0.39, 0.29) is 5.97 Å². The first kappa shape index (κ1) is 20.0. The minimum Gasteiger partial charge on any atom is -0.469 e. The number of carbonyl (C=O) groups is 1. The number of halogens is 1. The Morgan fingerprint density at radius 2 is 1.93 bits per heavy atom. The van der Waals surface area contributed by atoms with Crippen LogP contribution < -0.4 is 0 Å². The highest BCUT2D eigenvalue weighted by atomic mass is 35.5. The van der Waals surface area contributed by atoms with Gasteiger partial charge in [-0.15, -0.1) is 0 Å². The number of carbonyl (C=O) groups excluding carboxylic acids is 1. The fraction of sp³-hybridized carbons (Fsp3) is 0.455. The molecule has 3 heterocycles. The molecule has 1 aromatic carbocycles. The zero-order chi connectivity index (χ0) is 20.6. The Balaban J connectivity index is 1.55. The molecule has 0 unspecified atom stereocenters. The number of aromatic nitrogens is 2. The van der Waals surface area contributed by atoms with E-state index in [0.717, 1.165) is 44.2 Å². The van der Waals surface area contributed by atoms with Crippen molar-refractivity contribution in [3.63, 3.8) is 0 Å². The maximum atomic E-state index is 12.0. The van der Waals surface area contributed by atoms with Gasteiger partial charge in [-0.3, -0.25) is 9.69 Å². The first-order valence-corrected chi connectivity index (χ1v) is 10.3. The number of hydrogen-bond donors (Lipinski definition) is 0. The van der Waals surface area contributed by atoms with Crippen molar-refractivity contribution in [3.8, 4) is 0 Å². The lowest BCUT2D eigenvalue weighted by molar-refractivity contribution is -0.152. The number of ether oxygens (including phenoxy) is 1. The molecule has 2 aliphatic heterocycles. The predicted molar refractivity (Wildman–Crippen MR) is 114 cm³/mol. The number of rotatable bonds is 4. The maximum Gasteiger partial charge on any atom is 0.312 e. The predicted octanol–water partition coefficient (Wildman–Crippen LogP) is 3.21. The first-order valence-electron chi connectivity index (χ1n) is 9.96. The van der Waals surface area contributed by atoms with E-state index in [1.807, 2.05) is 13.8 Å². The average Bonchev–Trinajstić information content (AvgIpc) is 2.98. The fourth-order valence-corrected chi connectivity index (χ4v) is 4.38. The van der Waals surface area contributed by atoms with Crippen LogP contribution in [0.5, 0.6) is 0 Å². The average molecular weight is 415 g/mol. The third kappa shape index (κ3) is 3.91. The van der Waals surface area contributed by atoms with Gasteiger partial charge in [0, 0.05) is 32.7 Å². The Hall–Kier alpha value is -2.31. The van der Waals surface area contributed by atoms with Crippen LogP contribution >= 0.6 is 11.6 Å². The van der Waals surface area contributed by atoms with Gasteiger partial charge in [-0.2, -0.15) is 0 Å². The van der Waals surface area contributed by atoms with Crippen LogP contribution in [-0.4, -0.2) is 65.2 Å². The summed E-state index contributed by atoms with van der Waals surface area (Å²) in [6.07, 6.45) is 3.96. The summed E-state index contributed by atoms with van der Waals surface area (Å²) in [6, 6.07) is 8.41. The Morgan fingerprint density at radius 1 is 1.21 bits per heavy atom. The molecule has 2 aromatic rings. The Labute approximate surface area is 176 Å². The highest BCUT2D eigenvalue weighted by molar-refractivity contribution is 6.29. The summed E-state index contributed by atoms with van der Waals surface area (Å²) in [4.78, 5) is 21.3. The quantitative estimate of drug-likeness (QED) is 0.719. The smallest absolute Gasteiger partial charge is 0.312 e. The van der Waals surface area contributed by atoms with Crippen molar-refractivity contribution in [3.05, 3.63) is 52.6 Å². The molecule has 0 amide bonds. The zero-order valence-corrected chi connectivity index (χ0v) is 17.9. The molecule has 2 aliphatic rings. The number of hydrogen-bond acceptors (Lipinski definition) is 5. The van der Waals surface area contributed by atoms with Crippen molar-refractivity contribution in [1.82, 2.24) is 19.4 Å². The molecule has 0 aliphatic carbocycles. The highest BCUT2D eigenvalue weighted by Crippen LogP contribution is 2.31. The van der Waals surface area contributed by atoms with Crippen molar-refractivity contribution in [2.45, 2.75) is 20.4 Å². The molecular weight excluding hydrogens is 388 g/mol. The molecule has 0 atom stereocenters. The molecule has 154 valence electrons. The van der Waals surface area contributed by atoms with Crippen molar-refractivity contribution < 1.29 is 9.53 Å². The van der Waals surface area contributed by atoms with E-state index in [1.165, 1.54) is 18.2 Å². The number of imidazole rings is 1. The van der Waals surface area contributed by atoms with E-state index < -0.39 is 5.41 Å². The van der Waals surface area contributed by atoms with Gasteiger partial charge in [-0.1, -0.05) is 35.9 Å². The second-order valence-electron chi connectivity index (χ2n) is 8.36. The molecule has 0 N–H and O–H groups in total. The second-order valence-corrected chi connectivity index (χ2v) is 8.74. The van der Waals surface area contributed by atoms with Crippen LogP contribution in [0.3, 0.4) is 0 Å². The van der Waals surface area contributed by atoms with E-state index in [9.17, 15) is 4.79 Å². The van der Waals surface area contributed by atoms with Crippen LogP contribution in [0.15, 0.2) is 30.5 Å². The van der Waals surface area contributed by atoms with E-state index >= 15 is 0 Å². The molecule has 1 saturated heterocycles. The fourth-order valence-electron chi connectivity index (χ4n) is 4.19. The standard InChI is InChI=1S/C22H27ClN4O2/c1-22(2,21(28)29-3)15-25-8-10-26(11-9-25)18-12-16-6-4-5-7-17(16)14-27-19(23)13-24-20(18)27/h4-7,12-13H,8-11,14-15H2,1-3H3. The topological polar surface area (TPSA) is 50.6 Å². The van der Waals surface area contributed by atoms with Crippen molar-refractivity contribution in [1.29, 1.82) is 0 Å². The zero-order valence-electron chi connectivity index (χ0n) is 17.2. The van der Waals surface area contributed by atoms with Crippen LogP contribution in [0.1, 0.15) is 30.8 Å². The van der Waals surface area contributed by atoms with Gasteiger partial charge in [-0.05, 0) is 31.1 Å². The Kier molecular flexibility index (Phi) is 5.40. The lowest BCUT2D eigenvalue weighted by Gasteiger charge is -2.39. The summed E-state index contributed by atoms with van der Waals surface area (Å²) in [5.41, 5.74) is 3.04. The van der Waals surface area contributed by atoms with E-state index in [4.69, 9.17) is 16.3 Å². The summed E-state index contributed by atoms with van der Waals surface area (Å²) in [7, 11) is 1.45. The molecule has 6 nitrogen and oxygen atoms in total. The Morgan fingerprint density at radius 3 is 2.66 bits per heavy atom. The number of piperazine rings is 1. The number of benzene rings is 1. The van der Waals surface area contributed by atoms with Crippen molar-refractivity contribution in [2.75, 3.05) is 39.8 Å². The molecule has 7 heteroatoms. The molecule has 1 aromatic heterocycles. The number of nitrogens with zero attached hydrogens (tertiary/aromatic N) is 4. The molecular formula is C22H27ClN4O2. The first-order chi connectivity index (χ1) is 13.9. The van der Waals surface area contributed by atoms with Crippen molar-refractivity contribution >= 4 is 29.3 Å². The van der Waals surface area contributed by atoms with Gasteiger partial charge < -0.3 is 14.2 Å². The lowest BCUT2D eigenvalue weighted by atomic mass is 9.92. The molecule has 0 radical (unpaired) electrons. The van der Waals surface area contributed by atoms with Gasteiger partial charge in [-0.25, -0.2) is 4.98 Å². The van der Waals surface area contributed by atoms with Gasteiger partial charge >= 0.3 is 5.97 Å². The van der Waals surface area contributed by atoms with Crippen LogP contribution in [-0.2, 0) is 16.1 Å². The number of methoxy groups -OCH3 is 1. The van der Waals surface area contributed by atoms with Gasteiger partial charge in [0.2, 0.25) is 0 Å². The number of fused-ring (bicyclic) bond motifs is 2. The van der Waals surface area contributed by atoms with Crippen LogP contribution in [0.4, 0.5) is 0 Å². The monoisotopic (exact) mass is 414 g/mol. The normalized spacial score (nSPS) is 17.2. The molecule has 29 heavy (non-hydrogen) atoms. The van der Waals surface area contributed by atoms with Gasteiger partial charge in [0.05, 0.1) is 31.0 Å². The minimum absolute atomic E-state index is 0.167. The number of esters is 1. The van der Waals surface area contributed by atoms with Crippen molar-refractivity contribution in [2.24, 2.45) is 5.41 Å². The van der Waals surface area contributed by atoms with Crippen LogP contribution in [0.2, 0.25) is 5.15 Å². The van der Waals surface area contributed by atoms with E-state index in [2.05, 4.69) is 49.7 Å². The third-order valence-electron chi connectivity index (χ3n) is 5.78. The third-order valence-corrected chi connectivity index (χ3v) is 6.08. The van der Waals surface area contributed by atoms with Gasteiger partial charge in [0.25, 0.3) is 0 Å². The van der Waals surface area contributed by atoms with E-state index in [1.54, 1.807) is 6.20 Å². The SMILES string of the molecule is COC(=O)C(C)(C)CN1CCN(C2=Cc3ccccc3Cn3c(Cl)cnc32)CC1. The summed E-state index contributed by atoms with van der Waals surface area (Å²) in [6.45, 7) is 8.80. The largest absolute Gasteiger partial charge is 0.469 e. The van der Waals surface area contributed by atoms with Crippen LogP contribution in [0.25, 0.3) is 11.8 Å². The molecule has 0 bridgehead atoms. The van der Waals surface area contributed by atoms with Gasteiger partial charge in [0.1, 0.15) is 5.15 Å². The molecule has 0 saturated carbocycles. The second kappa shape index (κ2) is 7.84. The summed E-state index contributed by atoms with van der Waals surface area (Å²) in [5, 5.41) is 0.654. The van der Waals surface area contributed by atoms with Gasteiger partial charge in [0.15, 0.2) is 5.82 Å². The van der Waals surface area contributed by atoms with E-state index in [0.29, 0.717) is 11.7 Å².